The molecule has 0 amide bonds. The molecule has 2 heterocycles. The Morgan fingerprint density at radius 3 is 2.29 bits per heavy atom. The fraction of sp³-hybridized carbons (Fsp3) is 0.480. The number of carbonyl (C=O) groups excluding carboxylic acids is 2. The van der Waals surface area contributed by atoms with Crippen molar-refractivity contribution in [2.45, 2.75) is 47.6 Å². The van der Waals surface area contributed by atoms with Crippen LogP contribution in [0.4, 0.5) is 10.1 Å². The van der Waals surface area contributed by atoms with Crippen molar-refractivity contribution in [1.82, 2.24) is 9.55 Å². The fourth-order valence-corrected chi connectivity index (χ4v) is 6.44. The highest BCUT2D eigenvalue weighted by atomic mass is 32.2. The van der Waals surface area contributed by atoms with Crippen molar-refractivity contribution in [2.24, 2.45) is 5.92 Å². The molecule has 0 aliphatic heterocycles. The standard InChI is InChI=1S/C25H33FN3O6PS2/c1-6-18-13-19(26)22(27)23-24(18)29(14-15(2)3)25(28-23)20-7-8-21(35-20)36(32,33-9-11-37-16(4)30)34-10-12-38-17(5)31/h7-8,13,15H,6,9-12,14,27H2,1-5H3. The van der Waals surface area contributed by atoms with Gasteiger partial charge in [0.15, 0.2) is 21.8 Å². The number of aryl methyl sites for hydroxylation is 1. The summed E-state index contributed by atoms with van der Waals surface area (Å²) < 4.78 is 47.5. The van der Waals surface area contributed by atoms with E-state index in [1.165, 1.54) is 26.0 Å². The second kappa shape index (κ2) is 13.3. The Morgan fingerprint density at radius 1 is 1.16 bits per heavy atom. The third kappa shape index (κ3) is 7.30. The Balaban J connectivity index is 2.02. The molecule has 0 fully saturated rings. The van der Waals surface area contributed by atoms with E-state index in [4.69, 9.17) is 19.2 Å². The third-order valence-corrected chi connectivity index (χ3v) is 8.78. The number of nitrogen functional groups attached to an aromatic ring is 1. The predicted molar refractivity (Wildman–Crippen MR) is 151 cm³/mol. The van der Waals surface area contributed by atoms with E-state index in [9.17, 15) is 18.5 Å². The van der Waals surface area contributed by atoms with E-state index < -0.39 is 13.4 Å². The van der Waals surface area contributed by atoms with E-state index in [1.807, 2.05) is 11.5 Å². The van der Waals surface area contributed by atoms with Crippen molar-refractivity contribution in [2.75, 3.05) is 30.5 Å². The lowest BCUT2D eigenvalue weighted by atomic mass is 10.1. The van der Waals surface area contributed by atoms with E-state index in [0.717, 1.165) is 34.6 Å². The number of nitrogens with two attached hydrogens (primary N) is 1. The SMILES string of the molecule is CCc1cc(F)c(N)c2nc(-c3ccc(P(=O)(OCCSC(C)=O)OCCSC(C)=O)o3)n(CC(C)C)c12. The average molecular weight is 586 g/mol. The first-order chi connectivity index (χ1) is 18.0. The Kier molecular flexibility index (Phi) is 10.7. The van der Waals surface area contributed by atoms with Crippen molar-refractivity contribution < 1.29 is 32.0 Å². The molecule has 0 aliphatic carbocycles. The topological polar surface area (TPSA) is 127 Å². The Hall–Kier alpha value is -2.11. The van der Waals surface area contributed by atoms with Gasteiger partial charge in [-0.3, -0.25) is 14.2 Å². The van der Waals surface area contributed by atoms with Gasteiger partial charge in [-0.15, -0.1) is 0 Å². The third-order valence-electron chi connectivity index (χ3n) is 5.40. The van der Waals surface area contributed by atoms with E-state index >= 15 is 0 Å². The van der Waals surface area contributed by atoms with Crippen LogP contribution in [-0.2, 0) is 36.2 Å². The molecule has 2 N–H and O–H groups in total. The van der Waals surface area contributed by atoms with Gasteiger partial charge in [-0.05, 0) is 36.1 Å². The van der Waals surface area contributed by atoms with Gasteiger partial charge < -0.3 is 23.8 Å². The highest BCUT2D eigenvalue weighted by Gasteiger charge is 2.33. The van der Waals surface area contributed by atoms with E-state index in [1.54, 1.807) is 6.07 Å². The molecule has 3 aromatic rings. The van der Waals surface area contributed by atoms with E-state index in [2.05, 4.69) is 18.8 Å². The summed E-state index contributed by atoms with van der Waals surface area (Å²) in [6, 6.07) is 4.54. The quantitative estimate of drug-likeness (QED) is 0.153. The van der Waals surface area contributed by atoms with E-state index in [0.29, 0.717) is 30.1 Å². The maximum absolute atomic E-state index is 14.5. The largest absolute Gasteiger partial charge is 0.445 e. The maximum atomic E-state index is 14.5. The van der Waals surface area contributed by atoms with Gasteiger partial charge >= 0.3 is 7.60 Å². The minimum Gasteiger partial charge on any atom is -0.445 e. The Labute approximate surface area is 229 Å². The molecule has 0 aliphatic rings. The number of carbonyl (C=O) groups is 2. The number of aromatic nitrogens is 2. The van der Waals surface area contributed by atoms with Crippen LogP contribution in [0.2, 0.25) is 0 Å². The molecule has 0 radical (unpaired) electrons. The molecule has 208 valence electrons. The van der Waals surface area contributed by atoms with Crippen LogP contribution < -0.4 is 11.2 Å². The van der Waals surface area contributed by atoms with Crippen molar-refractivity contribution in [1.29, 1.82) is 0 Å². The monoisotopic (exact) mass is 585 g/mol. The van der Waals surface area contributed by atoms with Gasteiger partial charge in [-0.2, -0.15) is 0 Å². The molecule has 0 saturated carbocycles. The zero-order valence-corrected chi connectivity index (χ0v) is 24.6. The first-order valence-corrected chi connectivity index (χ1v) is 15.7. The molecule has 0 unspecified atom stereocenters. The summed E-state index contributed by atoms with van der Waals surface area (Å²) in [5, 5.41) is -0.178. The zero-order chi connectivity index (χ0) is 28.0. The summed E-state index contributed by atoms with van der Waals surface area (Å²) in [5.74, 6) is 0.973. The molecule has 0 atom stereocenters. The number of fused-ring (bicyclic) bond motifs is 1. The minimum atomic E-state index is -3.94. The Bertz CT molecular complexity index is 1330. The van der Waals surface area contributed by atoms with Gasteiger partial charge in [0.25, 0.3) is 0 Å². The van der Waals surface area contributed by atoms with Gasteiger partial charge in [0, 0.05) is 31.9 Å². The highest BCUT2D eigenvalue weighted by molar-refractivity contribution is 8.13. The predicted octanol–water partition coefficient (Wildman–Crippen LogP) is 5.65. The van der Waals surface area contributed by atoms with Crippen molar-refractivity contribution >= 4 is 63.6 Å². The molecule has 38 heavy (non-hydrogen) atoms. The normalized spacial score (nSPS) is 12.1. The second-order valence-electron chi connectivity index (χ2n) is 8.90. The fourth-order valence-electron chi connectivity index (χ4n) is 3.82. The molecule has 2 aromatic heterocycles. The molecule has 9 nitrogen and oxygen atoms in total. The number of rotatable bonds is 13. The summed E-state index contributed by atoms with van der Waals surface area (Å²) in [6.45, 7) is 9.44. The first kappa shape index (κ1) is 30.4. The summed E-state index contributed by atoms with van der Waals surface area (Å²) in [7, 11) is -3.94. The lowest BCUT2D eigenvalue weighted by Crippen LogP contribution is -2.12. The molecule has 1 aromatic carbocycles. The van der Waals surface area contributed by atoms with E-state index in [-0.39, 0.29) is 52.1 Å². The highest BCUT2D eigenvalue weighted by Crippen LogP contribution is 2.48. The van der Waals surface area contributed by atoms with Crippen LogP contribution in [-0.4, -0.2) is 44.5 Å². The van der Waals surface area contributed by atoms with Gasteiger partial charge in [0.05, 0.1) is 24.4 Å². The molecule has 3 rings (SSSR count). The lowest BCUT2D eigenvalue weighted by molar-refractivity contribution is -0.109. The van der Waals surface area contributed by atoms with Crippen LogP contribution in [0.1, 0.15) is 40.2 Å². The average Bonchev–Trinajstić information content (AvgIpc) is 3.48. The summed E-state index contributed by atoms with van der Waals surface area (Å²) >= 11 is 2.08. The van der Waals surface area contributed by atoms with Gasteiger partial charge in [0.2, 0.25) is 5.50 Å². The number of hydrogen-bond donors (Lipinski definition) is 1. The molecule has 0 saturated heterocycles. The number of thioether (sulfide) groups is 2. The molecule has 0 spiro atoms. The maximum Gasteiger partial charge on any atom is 0.396 e. The number of nitrogens with zero attached hydrogens (tertiary/aromatic N) is 2. The van der Waals surface area contributed by atoms with Crippen molar-refractivity contribution in [3.8, 4) is 11.6 Å². The molecule has 13 heteroatoms. The number of hydrogen-bond acceptors (Lipinski definition) is 10. The van der Waals surface area contributed by atoms with Gasteiger partial charge in [0.1, 0.15) is 11.3 Å². The van der Waals surface area contributed by atoms with Crippen molar-refractivity contribution in [3.05, 3.63) is 29.6 Å². The van der Waals surface area contributed by atoms with Crippen LogP contribution >= 0.6 is 31.1 Å². The number of halogens is 1. The van der Waals surface area contributed by atoms with Crippen LogP contribution in [0.15, 0.2) is 22.6 Å². The number of furan rings is 1. The van der Waals surface area contributed by atoms with Crippen LogP contribution in [0.3, 0.4) is 0 Å². The lowest BCUT2D eigenvalue weighted by Gasteiger charge is -2.16. The smallest absolute Gasteiger partial charge is 0.396 e. The summed E-state index contributed by atoms with van der Waals surface area (Å²) in [4.78, 5) is 27.2. The molecule has 0 bridgehead atoms. The molecular weight excluding hydrogens is 552 g/mol. The van der Waals surface area contributed by atoms with Crippen LogP contribution in [0.5, 0.6) is 0 Å². The summed E-state index contributed by atoms with van der Waals surface area (Å²) in [6.07, 6.45) is 0.577. The van der Waals surface area contributed by atoms with Gasteiger partial charge in [-0.1, -0.05) is 44.3 Å². The van der Waals surface area contributed by atoms with Gasteiger partial charge in [-0.25, -0.2) is 9.37 Å². The van der Waals surface area contributed by atoms with Crippen LogP contribution in [0.25, 0.3) is 22.6 Å². The number of anilines is 1. The second-order valence-corrected chi connectivity index (χ2v) is 13.4. The molecular formula is C25H33FN3O6PS2. The number of imidazole rings is 1. The number of benzene rings is 1. The summed E-state index contributed by atoms with van der Waals surface area (Å²) in [5.41, 5.74) is 7.82. The van der Waals surface area contributed by atoms with Crippen molar-refractivity contribution in [3.63, 3.8) is 0 Å². The first-order valence-electron chi connectivity index (χ1n) is 12.2. The Morgan fingerprint density at radius 2 is 1.76 bits per heavy atom. The zero-order valence-electron chi connectivity index (χ0n) is 22.1. The van der Waals surface area contributed by atoms with Crippen LogP contribution in [0, 0.1) is 11.7 Å². The minimum absolute atomic E-state index is 0.0149.